The van der Waals surface area contributed by atoms with E-state index in [1.807, 2.05) is 12.1 Å². The number of nitrogens with zero attached hydrogens (tertiary/aromatic N) is 1. The first kappa shape index (κ1) is 34.8. The van der Waals surface area contributed by atoms with Crippen LogP contribution >= 0.6 is 0 Å². The Labute approximate surface area is 345 Å². The third-order valence-electron chi connectivity index (χ3n) is 12.3. The minimum Gasteiger partial charge on any atom is -0.455 e. The van der Waals surface area contributed by atoms with Crippen LogP contribution < -0.4 is 4.90 Å². The molecule has 2 nitrogen and oxygen atoms in total. The summed E-state index contributed by atoms with van der Waals surface area (Å²) < 4.78 is 6.43. The molecule has 0 radical (unpaired) electrons. The molecule has 1 aromatic heterocycles. The van der Waals surface area contributed by atoms with Crippen molar-refractivity contribution < 1.29 is 4.42 Å². The van der Waals surface area contributed by atoms with E-state index in [4.69, 9.17) is 4.42 Å². The van der Waals surface area contributed by atoms with Gasteiger partial charge in [-0.25, -0.2) is 0 Å². The van der Waals surface area contributed by atoms with E-state index in [9.17, 15) is 0 Å². The molecule has 11 rings (SSSR count). The Bertz CT molecular complexity index is 3160. The highest BCUT2D eigenvalue weighted by Gasteiger charge is 2.35. The molecule has 0 spiro atoms. The summed E-state index contributed by atoms with van der Waals surface area (Å²) in [7, 11) is 0. The second-order valence-corrected chi connectivity index (χ2v) is 16.1. The number of fused-ring (bicyclic) bond motifs is 6. The van der Waals surface area contributed by atoms with Crippen LogP contribution in [0.2, 0.25) is 0 Å². The molecule has 59 heavy (non-hydrogen) atoms. The van der Waals surface area contributed by atoms with Crippen molar-refractivity contribution in [2.75, 3.05) is 4.90 Å². The average molecular weight is 756 g/mol. The van der Waals surface area contributed by atoms with Gasteiger partial charge in [-0.2, -0.15) is 0 Å². The van der Waals surface area contributed by atoms with E-state index in [-0.39, 0.29) is 5.41 Å². The number of para-hydroxylation sites is 2. The van der Waals surface area contributed by atoms with Gasteiger partial charge in [-0.3, -0.25) is 0 Å². The maximum atomic E-state index is 6.43. The summed E-state index contributed by atoms with van der Waals surface area (Å²) in [6.07, 6.45) is 0. The van der Waals surface area contributed by atoms with Crippen molar-refractivity contribution in [3.05, 3.63) is 223 Å². The zero-order valence-corrected chi connectivity index (χ0v) is 33.1. The molecule has 0 unspecified atom stereocenters. The number of rotatable bonds is 7. The third kappa shape index (κ3) is 5.96. The Morgan fingerprint density at radius 2 is 0.881 bits per heavy atom. The van der Waals surface area contributed by atoms with Gasteiger partial charge in [0, 0.05) is 38.8 Å². The molecule has 280 valence electrons. The Morgan fingerprint density at radius 1 is 0.339 bits per heavy atom. The van der Waals surface area contributed by atoms with Gasteiger partial charge in [-0.15, -0.1) is 0 Å². The predicted octanol–water partition coefficient (Wildman–Crippen LogP) is 16.0. The van der Waals surface area contributed by atoms with Gasteiger partial charge in [0.05, 0.1) is 0 Å². The second-order valence-electron chi connectivity index (χ2n) is 16.1. The monoisotopic (exact) mass is 755 g/mol. The maximum Gasteiger partial charge on any atom is 0.143 e. The van der Waals surface area contributed by atoms with Gasteiger partial charge in [0.2, 0.25) is 0 Å². The first-order valence-corrected chi connectivity index (χ1v) is 20.4. The molecular formula is C57H41NO. The lowest BCUT2D eigenvalue weighted by atomic mass is 9.81. The van der Waals surface area contributed by atoms with Gasteiger partial charge >= 0.3 is 0 Å². The normalized spacial score (nSPS) is 12.7. The van der Waals surface area contributed by atoms with Crippen LogP contribution in [0.25, 0.3) is 77.6 Å². The average Bonchev–Trinajstić information content (AvgIpc) is 3.79. The molecule has 0 fully saturated rings. The van der Waals surface area contributed by atoms with Crippen LogP contribution in [0.5, 0.6) is 0 Å². The molecular weight excluding hydrogens is 715 g/mol. The minimum atomic E-state index is -0.0966. The molecule has 0 saturated heterocycles. The Kier molecular flexibility index (Phi) is 8.20. The fourth-order valence-electron chi connectivity index (χ4n) is 9.21. The van der Waals surface area contributed by atoms with Crippen molar-refractivity contribution in [2.45, 2.75) is 19.3 Å². The first-order valence-electron chi connectivity index (χ1n) is 20.4. The van der Waals surface area contributed by atoms with E-state index >= 15 is 0 Å². The molecule has 1 heterocycles. The van der Waals surface area contributed by atoms with Crippen molar-refractivity contribution in [2.24, 2.45) is 0 Å². The molecule has 0 N–H and O–H groups in total. The van der Waals surface area contributed by atoms with Gasteiger partial charge in [0.25, 0.3) is 0 Å². The van der Waals surface area contributed by atoms with E-state index in [0.29, 0.717) is 0 Å². The quantitative estimate of drug-likeness (QED) is 0.161. The summed E-state index contributed by atoms with van der Waals surface area (Å²) in [5, 5.41) is 2.27. The molecule has 9 aromatic carbocycles. The van der Waals surface area contributed by atoms with Crippen molar-refractivity contribution in [3.63, 3.8) is 0 Å². The Balaban J connectivity index is 0.989. The summed E-state index contributed by atoms with van der Waals surface area (Å²) in [5.41, 5.74) is 19.9. The molecule has 0 bridgehead atoms. The zero-order valence-electron chi connectivity index (χ0n) is 33.1. The summed E-state index contributed by atoms with van der Waals surface area (Å²) in [6.45, 7) is 4.71. The summed E-state index contributed by atoms with van der Waals surface area (Å²) in [4.78, 5) is 2.36. The lowest BCUT2D eigenvalue weighted by molar-refractivity contribution is 0.660. The predicted molar refractivity (Wildman–Crippen MR) is 248 cm³/mol. The fourth-order valence-corrected chi connectivity index (χ4v) is 9.21. The molecule has 0 atom stereocenters. The van der Waals surface area contributed by atoms with E-state index < -0.39 is 0 Å². The smallest absolute Gasteiger partial charge is 0.143 e. The Morgan fingerprint density at radius 3 is 1.63 bits per heavy atom. The van der Waals surface area contributed by atoms with Crippen molar-refractivity contribution in [3.8, 4) is 55.6 Å². The molecule has 0 aliphatic heterocycles. The first-order chi connectivity index (χ1) is 29.0. The highest BCUT2D eigenvalue weighted by atomic mass is 16.3. The van der Waals surface area contributed by atoms with E-state index in [2.05, 4.69) is 219 Å². The van der Waals surface area contributed by atoms with Crippen molar-refractivity contribution in [1.29, 1.82) is 0 Å². The molecule has 1 aliphatic carbocycles. The van der Waals surface area contributed by atoms with Crippen LogP contribution in [-0.4, -0.2) is 0 Å². The summed E-state index contributed by atoms with van der Waals surface area (Å²) >= 11 is 0. The van der Waals surface area contributed by atoms with Gasteiger partial charge in [0.15, 0.2) is 0 Å². The minimum absolute atomic E-state index is 0.0966. The summed E-state index contributed by atoms with van der Waals surface area (Å²) in [6, 6.07) is 76.8. The van der Waals surface area contributed by atoms with Crippen LogP contribution in [0.3, 0.4) is 0 Å². The van der Waals surface area contributed by atoms with Crippen LogP contribution in [0.4, 0.5) is 17.1 Å². The molecule has 0 amide bonds. The molecule has 2 heteroatoms. The van der Waals surface area contributed by atoms with Gasteiger partial charge < -0.3 is 9.32 Å². The van der Waals surface area contributed by atoms with Gasteiger partial charge in [0.1, 0.15) is 11.2 Å². The van der Waals surface area contributed by atoms with E-state index in [1.165, 1.54) is 55.6 Å². The van der Waals surface area contributed by atoms with Crippen molar-refractivity contribution >= 4 is 39.0 Å². The number of hydrogen-bond donors (Lipinski definition) is 0. The lowest BCUT2D eigenvalue weighted by Gasteiger charge is -2.26. The molecule has 10 aromatic rings. The number of anilines is 3. The standard InChI is InChI=1S/C57H41NO/c1-57(2)53-34-28-43(36-52(53)49-33-27-44(37-54(49)57)39-15-7-4-8-16-39)42-17-11-18-47(35-42)58(45-29-23-40(24-30-45)38-13-5-3-6-14-38)46-31-25-41(26-32-46)48-20-12-21-51-50-19-9-10-22-55(50)59-56(48)51/h3-37H,1-2H3. The van der Waals surface area contributed by atoms with Crippen LogP contribution in [0, 0.1) is 0 Å². The fraction of sp³-hybridized carbons (Fsp3) is 0.0526. The summed E-state index contributed by atoms with van der Waals surface area (Å²) in [5.74, 6) is 0. The van der Waals surface area contributed by atoms with E-state index in [0.717, 1.165) is 50.1 Å². The highest BCUT2D eigenvalue weighted by Crippen LogP contribution is 2.51. The number of benzene rings is 9. The number of hydrogen-bond acceptors (Lipinski definition) is 2. The van der Waals surface area contributed by atoms with Crippen LogP contribution in [0.15, 0.2) is 217 Å². The highest BCUT2D eigenvalue weighted by molar-refractivity contribution is 6.09. The number of furan rings is 1. The van der Waals surface area contributed by atoms with Crippen LogP contribution in [0.1, 0.15) is 25.0 Å². The lowest BCUT2D eigenvalue weighted by Crippen LogP contribution is -2.15. The van der Waals surface area contributed by atoms with Gasteiger partial charge in [-0.1, -0.05) is 172 Å². The maximum absolute atomic E-state index is 6.43. The van der Waals surface area contributed by atoms with Gasteiger partial charge in [-0.05, 0) is 116 Å². The van der Waals surface area contributed by atoms with Crippen LogP contribution in [-0.2, 0) is 5.41 Å². The topological polar surface area (TPSA) is 16.4 Å². The second kappa shape index (κ2) is 13.9. The molecule has 0 saturated carbocycles. The largest absolute Gasteiger partial charge is 0.455 e. The van der Waals surface area contributed by atoms with Crippen molar-refractivity contribution in [1.82, 2.24) is 0 Å². The molecule has 1 aliphatic rings. The van der Waals surface area contributed by atoms with E-state index in [1.54, 1.807) is 0 Å². The third-order valence-corrected chi connectivity index (χ3v) is 12.3. The zero-order chi connectivity index (χ0) is 39.5. The Hall–Kier alpha value is -7.42. The SMILES string of the molecule is CC1(C)c2ccc(-c3cccc(N(c4ccc(-c5ccccc5)cc4)c4ccc(-c5cccc6c5oc5ccccc56)cc4)c3)cc2-c2ccc(-c3ccccc3)cc21.